The summed E-state index contributed by atoms with van der Waals surface area (Å²) in [5.74, 6) is 1.43. The summed E-state index contributed by atoms with van der Waals surface area (Å²) in [6.45, 7) is 3.31. The van der Waals surface area contributed by atoms with Crippen LogP contribution < -0.4 is 10.6 Å². The van der Waals surface area contributed by atoms with Gasteiger partial charge < -0.3 is 15.7 Å². The number of anilines is 2. The number of aliphatic hydroxyl groups excluding tert-OH is 1. The van der Waals surface area contributed by atoms with E-state index in [9.17, 15) is 5.11 Å². The molecule has 15 heavy (non-hydrogen) atoms. The van der Waals surface area contributed by atoms with Gasteiger partial charge in [0.2, 0.25) is 0 Å². The largest absolute Gasteiger partial charge is 0.397 e. The molecule has 0 aliphatic carbocycles. The highest BCUT2D eigenvalue weighted by atomic mass is 16.3. The fraction of sp³-hybridized carbons (Fsp3) is 0.545. The maximum absolute atomic E-state index is 9.33. The van der Waals surface area contributed by atoms with Crippen molar-refractivity contribution < 1.29 is 5.11 Å². The molecule has 2 unspecified atom stereocenters. The van der Waals surface area contributed by atoms with Gasteiger partial charge in [-0.3, -0.25) is 0 Å². The first-order valence-corrected chi connectivity index (χ1v) is 5.31. The first kappa shape index (κ1) is 10.2. The predicted octanol–water partition coefficient (Wildman–Crippen LogP) is 0.871. The van der Waals surface area contributed by atoms with Crippen LogP contribution in [0.2, 0.25) is 0 Å². The molecule has 1 aliphatic rings. The summed E-state index contributed by atoms with van der Waals surface area (Å²) in [6.07, 6.45) is 2.77. The molecular weight excluding hydrogens is 190 g/mol. The summed E-state index contributed by atoms with van der Waals surface area (Å²) in [6, 6.07) is 3.96. The number of hydrogen-bond acceptors (Lipinski definition) is 4. The number of nitrogens with two attached hydrogens (primary N) is 1. The third kappa shape index (κ3) is 1.90. The molecule has 4 heteroatoms. The van der Waals surface area contributed by atoms with Crippen molar-refractivity contribution in [1.29, 1.82) is 0 Å². The molecule has 82 valence electrons. The van der Waals surface area contributed by atoms with Crippen LogP contribution in [0.3, 0.4) is 0 Å². The lowest BCUT2D eigenvalue weighted by Crippen LogP contribution is -2.35. The summed E-state index contributed by atoms with van der Waals surface area (Å²) in [5, 5.41) is 9.33. The van der Waals surface area contributed by atoms with E-state index in [0.717, 1.165) is 18.8 Å². The van der Waals surface area contributed by atoms with Gasteiger partial charge in [-0.25, -0.2) is 4.98 Å². The Morgan fingerprint density at radius 3 is 3.00 bits per heavy atom. The molecule has 1 fully saturated rings. The second-order valence-corrected chi connectivity index (χ2v) is 4.16. The standard InChI is InChI=1S/C11H17N3O/c1-8-4-5-14(10(8)7-15)11-3-2-9(12)6-13-11/h2-3,6,8,10,15H,4-5,7,12H2,1H3. The van der Waals surface area contributed by atoms with Gasteiger partial charge in [-0.1, -0.05) is 6.92 Å². The van der Waals surface area contributed by atoms with Gasteiger partial charge in [0.05, 0.1) is 24.5 Å². The Morgan fingerprint density at radius 1 is 1.60 bits per heavy atom. The number of aromatic nitrogens is 1. The van der Waals surface area contributed by atoms with Crippen LogP contribution in [-0.2, 0) is 0 Å². The molecule has 2 rings (SSSR count). The monoisotopic (exact) mass is 207 g/mol. The zero-order valence-corrected chi connectivity index (χ0v) is 8.93. The normalized spacial score (nSPS) is 25.9. The summed E-state index contributed by atoms with van der Waals surface area (Å²) < 4.78 is 0. The van der Waals surface area contributed by atoms with Gasteiger partial charge in [0.15, 0.2) is 0 Å². The second-order valence-electron chi connectivity index (χ2n) is 4.16. The topological polar surface area (TPSA) is 62.4 Å². The molecular formula is C11H17N3O. The van der Waals surface area contributed by atoms with Gasteiger partial charge >= 0.3 is 0 Å². The molecule has 1 aromatic heterocycles. The third-order valence-electron chi connectivity index (χ3n) is 3.13. The van der Waals surface area contributed by atoms with Crippen LogP contribution in [-0.4, -0.2) is 29.3 Å². The van der Waals surface area contributed by atoms with Crippen molar-refractivity contribution >= 4 is 11.5 Å². The number of nitrogen functional groups attached to an aromatic ring is 1. The highest BCUT2D eigenvalue weighted by Crippen LogP contribution is 2.28. The summed E-state index contributed by atoms with van der Waals surface area (Å²) in [5.41, 5.74) is 6.26. The van der Waals surface area contributed by atoms with Crippen molar-refractivity contribution in [3.63, 3.8) is 0 Å². The van der Waals surface area contributed by atoms with Gasteiger partial charge in [0, 0.05) is 6.54 Å². The minimum absolute atomic E-state index is 0.188. The molecule has 1 aromatic rings. The molecule has 2 atom stereocenters. The lowest BCUT2D eigenvalue weighted by molar-refractivity contribution is 0.244. The lowest BCUT2D eigenvalue weighted by Gasteiger charge is -2.26. The van der Waals surface area contributed by atoms with Gasteiger partial charge in [-0.05, 0) is 24.5 Å². The molecule has 2 heterocycles. The van der Waals surface area contributed by atoms with Crippen LogP contribution in [0.25, 0.3) is 0 Å². The Hall–Kier alpha value is -1.29. The predicted molar refractivity (Wildman–Crippen MR) is 60.7 cm³/mol. The number of rotatable bonds is 2. The van der Waals surface area contributed by atoms with Crippen molar-refractivity contribution in [2.24, 2.45) is 5.92 Å². The van der Waals surface area contributed by atoms with Crippen molar-refractivity contribution in [2.75, 3.05) is 23.8 Å². The van der Waals surface area contributed by atoms with E-state index in [1.807, 2.05) is 12.1 Å². The van der Waals surface area contributed by atoms with Gasteiger partial charge in [-0.2, -0.15) is 0 Å². The molecule has 3 N–H and O–H groups in total. The van der Waals surface area contributed by atoms with Crippen molar-refractivity contribution in [3.05, 3.63) is 18.3 Å². The van der Waals surface area contributed by atoms with E-state index in [2.05, 4.69) is 16.8 Å². The van der Waals surface area contributed by atoms with Crippen LogP contribution in [0.5, 0.6) is 0 Å². The van der Waals surface area contributed by atoms with Gasteiger partial charge in [0.1, 0.15) is 5.82 Å². The third-order valence-corrected chi connectivity index (χ3v) is 3.13. The fourth-order valence-electron chi connectivity index (χ4n) is 2.14. The molecule has 0 bridgehead atoms. The maximum atomic E-state index is 9.33. The molecule has 0 spiro atoms. The van der Waals surface area contributed by atoms with E-state index in [1.54, 1.807) is 6.20 Å². The average Bonchev–Trinajstić information content (AvgIpc) is 2.61. The van der Waals surface area contributed by atoms with E-state index >= 15 is 0 Å². The lowest BCUT2D eigenvalue weighted by atomic mass is 10.0. The molecule has 1 saturated heterocycles. The quantitative estimate of drug-likeness (QED) is 0.755. The highest BCUT2D eigenvalue weighted by molar-refractivity contribution is 5.47. The van der Waals surface area contributed by atoms with Crippen molar-refractivity contribution in [1.82, 2.24) is 4.98 Å². The first-order chi connectivity index (χ1) is 7.22. The second kappa shape index (κ2) is 4.06. The van der Waals surface area contributed by atoms with Crippen LogP contribution in [0.4, 0.5) is 11.5 Å². The Kier molecular flexibility index (Phi) is 2.77. The number of aliphatic hydroxyl groups is 1. The molecule has 0 aromatic carbocycles. The number of hydrogen-bond donors (Lipinski definition) is 2. The summed E-state index contributed by atoms with van der Waals surface area (Å²) in [7, 11) is 0. The Bertz CT molecular complexity index is 325. The van der Waals surface area contributed by atoms with Crippen LogP contribution in [0.15, 0.2) is 18.3 Å². The smallest absolute Gasteiger partial charge is 0.128 e. The van der Waals surface area contributed by atoms with Gasteiger partial charge in [0.25, 0.3) is 0 Å². The Morgan fingerprint density at radius 2 is 2.40 bits per heavy atom. The van der Waals surface area contributed by atoms with Gasteiger partial charge in [-0.15, -0.1) is 0 Å². The highest BCUT2D eigenvalue weighted by Gasteiger charge is 2.31. The molecule has 1 aliphatic heterocycles. The SMILES string of the molecule is CC1CCN(c2ccc(N)cn2)C1CO. The summed E-state index contributed by atoms with van der Waals surface area (Å²) in [4.78, 5) is 6.44. The van der Waals surface area contributed by atoms with Crippen molar-refractivity contribution in [2.45, 2.75) is 19.4 Å². The van der Waals surface area contributed by atoms with E-state index in [1.165, 1.54) is 0 Å². The zero-order chi connectivity index (χ0) is 10.8. The first-order valence-electron chi connectivity index (χ1n) is 5.31. The van der Waals surface area contributed by atoms with Crippen molar-refractivity contribution in [3.8, 4) is 0 Å². The zero-order valence-electron chi connectivity index (χ0n) is 8.93. The fourth-order valence-corrected chi connectivity index (χ4v) is 2.14. The average molecular weight is 207 g/mol. The molecule has 0 radical (unpaired) electrons. The molecule has 0 amide bonds. The minimum atomic E-state index is 0.188. The van der Waals surface area contributed by atoms with Crippen LogP contribution >= 0.6 is 0 Å². The Labute approximate surface area is 89.7 Å². The van der Waals surface area contributed by atoms with Crippen LogP contribution in [0, 0.1) is 5.92 Å². The van der Waals surface area contributed by atoms with Crippen LogP contribution in [0.1, 0.15) is 13.3 Å². The van der Waals surface area contributed by atoms with E-state index in [4.69, 9.17) is 5.73 Å². The number of pyridine rings is 1. The number of nitrogens with zero attached hydrogens (tertiary/aromatic N) is 2. The summed E-state index contributed by atoms with van der Waals surface area (Å²) >= 11 is 0. The Balaban J connectivity index is 2.20. The van der Waals surface area contributed by atoms with E-state index in [-0.39, 0.29) is 12.6 Å². The molecule has 4 nitrogen and oxygen atoms in total. The molecule has 0 saturated carbocycles. The van der Waals surface area contributed by atoms with E-state index < -0.39 is 0 Å². The minimum Gasteiger partial charge on any atom is -0.397 e. The van der Waals surface area contributed by atoms with E-state index in [0.29, 0.717) is 11.6 Å². The maximum Gasteiger partial charge on any atom is 0.128 e.